The van der Waals surface area contributed by atoms with Crippen molar-refractivity contribution in [3.63, 3.8) is 0 Å². The minimum atomic E-state index is -0.899. The molecule has 6 heteroatoms. The molecule has 0 spiro atoms. The van der Waals surface area contributed by atoms with E-state index in [1.807, 2.05) is 33.9 Å². The van der Waals surface area contributed by atoms with Crippen LogP contribution in [-0.4, -0.2) is 34.4 Å². The van der Waals surface area contributed by atoms with Crippen LogP contribution in [0.15, 0.2) is 17.0 Å². The highest BCUT2D eigenvalue weighted by atomic mass is 28.3. The first kappa shape index (κ1) is 17.7. The first-order valence-corrected chi connectivity index (χ1v) is 8.61. The second kappa shape index (κ2) is 7.99. The maximum Gasteiger partial charge on any atom is 0.360 e. The highest BCUT2D eigenvalue weighted by molar-refractivity contribution is 6.49. The summed E-state index contributed by atoms with van der Waals surface area (Å²) >= 11 is 0. The van der Waals surface area contributed by atoms with Crippen molar-refractivity contribution in [2.45, 2.75) is 40.8 Å². The first-order valence-electron chi connectivity index (χ1n) is 6.20. The molecule has 0 atom stereocenters. The van der Waals surface area contributed by atoms with Crippen molar-refractivity contribution in [1.82, 2.24) is 0 Å². The molecule has 0 saturated heterocycles. The van der Waals surface area contributed by atoms with Gasteiger partial charge in [0.2, 0.25) is 0 Å². The third kappa shape index (κ3) is 6.42. The van der Waals surface area contributed by atoms with Gasteiger partial charge in [0.15, 0.2) is 5.71 Å². The van der Waals surface area contributed by atoms with Crippen molar-refractivity contribution < 1.29 is 18.8 Å². The Hall–Kier alpha value is -1.30. The Morgan fingerprint density at radius 1 is 1.32 bits per heavy atom. The van der Waals surface area contributed by atoms with Gasteiger partial charge in [-0.1, -0.05) is 25.9 Å². The summed E-state index contributed by atoms with van der Waals surface area (Å²) in [5, 5.41) is 3.79. The molecule has 0 aliphatic rings. The molecule has 0 aromatic carbocycles. The monoisotopic (exact) mass is 286 g/mol. The van der Waals surface area contributed by atoms with Crippen LogP contribution in [0.1, 0.15) is 27.7 Å². The fraction of sp³-hybridized carbons (Fsp3) is 0.692. The van der Waals surface area contributed by atoms with Crippen molar-refractivity contribution in [3.05, 3.63) is 11.8 Å². The average Bonchev–Trinajstić information content (AvgIpc) is 2.26. The third-order valence-electron chi connectivity index (χ3n) is 2.13. The molecular weight excluding hydrogens is 262 g/mol. The number of oxime groups is 1. The van der Waals surface area contributed by atoms with Gasteiger partial charge in [-0.3, -0.25) is 0 Å². The predicted octanol–water partition coefficient (Wildman–Crippen LogP) is 2.75. The molecule has 109 valence electrons. The number of hydrogen-bond donors (Lipinski definition) is 0. The zero-order valence-electron chi connectivity index (χ0n) is 12.9. The molecule has 0 amide bonds. The van der Waals surface area contributed by atoms with E-state index in [1.165, 1.54) is 7.11 Å². The summed E-state index contributed by atoms with van der Waals surface area (Å²) in [6, 6.07) is 0. The number of nitrogens with zero attached hydrogens (tertiary/aromatic N) is 1. The number of esters is 1. The smallest absolute Gasteiger partial charge is 0.360 e. The molecule has 19 heavy (non-hydrogen) atoms. The van der Waals surface area contributed by atoms with Gasteiger partial charge in [-0.15, -0.1) is 0 Å². The molecule has 0 heterocycles. The lowest BCUT2D eigenvalue weighted by atomic mass is 9.84. The van der Waals surface area contributed by atoms with E-state index >= 15 is 0 Å². The summed E-state index contributed by atoms with van der Waals surface area (Å²) < 4.78 is 10.6. The molecule has 0 aliphatic carbocycles. The third-order valence-corrected chi connectivity index (χ3v) is 2.72. The van der Waals surface area contributed by atoms with Gasteiger partial charge in [-0.2, -0.15) is 0 Å². The minimum absolute atomic E-state index is 0.153. The van der Waals surface area contributed by atoms with Crippen LogP contribution in [0.3, 0.4) is 0 Å². The molecule has 0 aromatic heterocycles. The summed E-state index contributed by atoms with van der Waals surface area (Å²) in [7, 11) is 0.499. The van der Waals surface area contributed by atoms with Gasteiger partial charge in [0.25, 0.3) is 9.04 Å². The van der Waals surface area contributed by atoms with E-state index in [1.54, 1.807) is 13.2 Å². The molecule has 0 N–H and O–H groups in total. The normalized spacial score (nSPS) is 13.5. The predicted molar refractivity (Wildman–Crippen MR) is 77.2 cm³/mol. The zero-order chi connectivity index (χ0) is 15.1. The Bertz CT molecular complexity index is 356. The van der Waals surface area contributed by atoms with Crippen molar-refractivity contribution in [1.29, 1.82) is 0 Å². The average molecular weight is 286 g/mol. The van der Waals surface area contributed by atoms with Crippen LogP contribution in [0, 0.1) is 5.41 Å². The number of carbonyl (C=O) groups excluding carboxylic acids is 1. The second-order valence-electron chi connectivity index (χ2n) is 5.15. The maximum atomic E-state index is 11.9. The minimum Gasteiger partial charge on any atom is -0.548 e. The summed E-state index contributed by atoms with van der Waals surface area (Å²) in [6.07, 6.45) is 1.60. The van der Waals surface area contributed by atoms with Gasteiger partial charge in [-0.05, 0) is 25.4 Å². The Morgan fingerprint density at radius 2 is 1.89 bits per heavy atom. The standard InChI is InChI=1S/C13H24NO4Si/c1-8-17-12(15)11(14-16-5)10(13(2,3)4)9-18-19(6)7/h9H,8H2,1-7H3. The van der Waals surface area contributed by atoms with Crippen LogP contribution in [0.5, 0.6) is 0 Å². The highest BCUT2D eigenvalue weighted by Gasteiger charge is 2.29. The van der Waals surface area contributed by atoms with Gasteiger partial charge < -0.3 is 14.0 Å². The van der Waals surface area contributed by atoms with Crippen LogP contribution < -0.4 is 0 Å². The highest BCUT2D eigenvalue weighted by Crippen LogP contribution is 2.27. The summed E-state index contributed by atoms with van der Waals surface area (Å²) in [5.41, 5.74) is 0.514. The van der Waals surface area contributed by atoms with Crippen molar-refractivity contribution in [3.8, 4) is 0 Å². The lowest BCUT2D eigenvalue weighted by Gasteiger charge is -2.23. The molecule has 0 aliphatic heterocycles. The van der Waals surface area contributed by atoms with Gasteiger partial charge in [-0.25, -0.2) is 4.79 Å². The quantitative estimate of drug-likeness (QED) is 0.248. The van der Waals surface area contributed by atoms with E-state index in [9.17, 15) is 4.79 Å². The van der Waals surface area contributed by atoms with Crippen LogP contribution in [0.2, 0.25) is 13.1 Å². The topological polar surface area (TPSA) is 57.1 Å². The van der Waals surface area contributed by atoms with Gasteiger partial charge >= 0.3 is 5.97 Å². The molecule has 0 aromatic rings. The SMILES string of the molecule is CCOC(=O)C(=NOC)C(=CO[Si](C)C)C(C)(C)C. The summed E-state index contributed by atoms with van der Waals surface area (Å²) in [6.45, 7) is 12.0. The molecule has 1 radical (unpaired) electrons. The van der Waals surface area contributed by atoms with Crippen LogP contribution >= 0.6 is 0 Å². The Morgan fingerprint density at radius 3 is 2.26 bits per heavy atom. The van der Waals surface area contributed by atoms with Crippen molar-refractivity contribution in [2.24, 2.45) is 10.6 Å². The number of carbonyl (C=O) groups is 1. The largest absolute Gasteiger partial charge is 0.548 e. The van der Waals surface area contributed by atoms with Crippen LogP contribution in [0.25, 0.3) is 0 Å². The molecule has 0 bridgehead atoms. The van der Waals surface area contributed by atoms with Crippen molar-refractivity contribution >= 4 is 20.7 Å². The summed E-state index contributed by atoms with van der Waals surface area (Å²) in [5.74, 6) is -0.505. The second-order valence-corrected chi connectivity index (χ2v) is 7.20. The Labute approximate surface area is 117 Å². The zero-order valence-corrected chi connectivity index (χ0v) is 13.9. The van der Waals surface area contributed by atoms with E-state index in [4.69, 9.17) is 14.0 Å². The van der Waals surface area contributed by atoms with Crippen LogP contribution in [0.4, 0.5) is 0 Å². The lowest BCUT2D eigenvalue weighted by molar-refractivity contribution is -0.135. The fourth-order valence-corrected chi connectivity index (χ4v) is 1.61. The maximum absolute atomic E-state index is 11.9. The Balaban J connectivity index is 5.46. The molecule has 0 unspecified atom stereocenters. The first-order chi connectivity index (χ1) is 8.73. The Kier molecular flexibility index (Phi) is 7.44. The van der Waals surface area contributed by atoms with E-state index in [-0.39, 0.29) is 17.7 Å². The number of ether oxygens (including phenoxy) is 1. The molecule has 0 saturated carbocycles. The number of hydrogen-bond acceptors (Lipinski definition) is 5. The van der Waals surface area contributed by atoms with E-state index in [2.05, 4.69) is 5.16 Å². The van der Waals surface area contributed by atoms with Gasteiger partial charge in [0, 0.05) is 5.57 Å². The molecule has 0 fully saturated rings. The molecule has 5 nitrogen and oxygen atoms in total. The molecule has 0 rings (SSSR count). The van der Waals surface area contributed by atoms with Crippen molar-refractivity contribution in [2.75, 3.05) is 13.7 Å². The number of rotatable bonds is 6. The fourth-order valence-electron chi connectivity index (χ4n) is 1.25. The van der Waals surface area contributed by atoms with Gasteiger partial charge in [0.05, 0.1) is 12.9 Å². The van der Waals surface area contributed by atoms with Crippen LogP contribution in [-0.2, 0) is 18.8 Å². The lowest BCUT2D eigenvalue weighted by Crippen LogP contribution is -2.28. The molecular formula is C13H24NO4Si. The summed E-state index contributed by atoms with van der Waals surface area (Å²) in [4.78, 5) is 16.7. The van der Waals surface area contributed by atoms with E-state index in [0.717, 1.165) is 0 Å². The van der Waals surface area contributed by atoms with E-state index < -0.39 is 15.0 Å². The van der Waals surface area contributed by atoms with E-state index in [0.29, 0.717) is 5.57 Å². The van der Waals surface area contributed by atoms with Gasteiger partial charge in [0.1, 0.15) is 7.11 Å².